The summed E-state index contributed by atoms with van der Waals surface area (Å²) in [7, 11) is 0. The molecule has 6 rings (SSSR count). The predicted octanol–water partition coefficient (Wildman–Crippen LogP) is 5.07. The molecule has 3 amide bonds. The Bertz CT molecular complexity index is 1020. The van der Waals surface area contributed by atoms with Gasteiger partial charge in [0.15, 0.2) is 0 Å². The van der Waals surface area contributed by atoms with Gasteiger partial charge in [0.25, 0.3) is 5.91 Å². The second-order valence-corrected chi connectivity index (χ2v) is 10.6. The Morgan fingerprint density at radius 3 is 2.48 bits per heavy atom. The molecule has 1 heterocycles. The number of carbonyl (C=O) groups is 2. The van der Waals surface area contributed by atoms with E-state index < -0.39 is 0 Å². The largest absolute Gasteiger partial charge is 0.349 e. The van der Waals surface area contributed by atoms with Gasteiger partial charge in [-0.2, -0.15) is 0 Å². The SMILES string of the molecule is O=C(NC1CCC2CC3CC(C2)C1C3)c1ccc(CN2CCN(c3ccccc3)C2=O)cc1. The van der Waals surface area contributed by atoms with Crippen LogP contribution in [0.5, 0.6) is 0 Å². The van der Waals surface area contributed by atoms with Crippen LogP contribution in [0.2, 0.25) is 0 Å². The number of urea groups is 1. The van der Waals surface area contributed by atoms with Crippen LogP contribution < -0.4 is 10.2 Å². The van der Waals surface area contributed by atoms with Gasteiger partial charge in [-0.3, -0.25) is 9.69 Å². The lowest BCUT2D eigenvalue weighted by Crippen LogP contribution is -2.41. The first-order chi connectivity index (χ1) is 16.1. The molecule has 3 saturated carbocycles. The molecule has 5 unspecified atom stereocenters. The summed E-state index contributed by atoms with van der Waals surface area (Å²) >= 11 is 0. The van der Waals surface area contributed by atoms with Crippen molar-refractivity contribution in [2.24, 2.45) is 23.7 Å². The molecule has 172 valence electrons. The summed E-state index contributed by atoms with van der Waals surface area (Å²) in [6.07, 6.45) is 7.93. The van der Waals surface area contributed by atoms with Gasteiger partial charge in [-0.15, -0.1) is 0 Å². The summed E-state index contributed by atoms with van der Waals surface area (Å²) in [4.78, 5) is 29.6. The van der Waals surface area contributed by atoms with Gasteiger partial charge in [-0.25, -0.2) is 4.79 Å². The fourth-order valence-electron chi connectivity index (χ4n) is 7.08. The number of rotatable bonds is 5. The third-order valence-corrected chi connectivity index (χ3v) is 8.62. The number of amides is 3. The number of carbonyl (C=O) groups excluding carboxylic acids is 2. The van der Waals surface area contributed by atoms with E-state index in [-0.39, 0.29) is 11.9 Å². The maximum Gasteiger partial charge on any atom is 0.324 e. The number of hydrogen-bond acceptors (Lipinski definition) is 2. The highest BCUT2D eigenvalue weighted by Crippen LogP contribution is 2.53. The molecule has 5 nitrogen and oxygen atoms in total. The van der Waals surface area contributed by atoms with Crippen molar-refractivity contribution in [1.82, 2.24) is 10.2 Å². The fraction of sp³-hybridized carbons (Fsp3) is 0.500. The summed E-state index contributed by atoms with van der Waals surface area (Å²) in [5, 5.41) is 3.40. The number of anilines is 1. The molecule has 5 heteroatoms. The number of benzene rings is 2. The molecular formula is C28H33N3O2. The summed E-state index contributed by atoms with van der Waals surface area (Å²) < 4.78 is 0. The van der Waals surface area contributed by atoms with Gasteiger partial charge in [-0.1, -0.05) is 30.3 Å². The van der Waals surface area contributed by atoms with Crippen molar-refractivity contribution in [1.29, 1.82) is 0 Å². The van der Waals surface area contributed by atoms with Crippen molar-refractivity contribution in [3.8, 4) is 0 Å². The van der Waals surface area contributed by atoms with Crippen molar-refractivity contribution < 1.29 is 9.59 Å². The van der Waals surface area contributed by atoms with Crippen molar-refractivity contribution in [3.05, 3.63) is 65.7 Å². The molecule has 4 aliphatic rings. The number of nitrogens with one attached hydrogen (secondary N) is 1. The van der Waals surface area contributed by atoms with Crippen LogP contribution in [0.1, 0.15) is 54.4 Å². The Hall–Kier alpha value is -2.82. The Morgan fingerprint density at radius 2 is 1.67 bits per heavy atom. The second-order valence-electron chi connectivity index (χ2n) is 10.6. The minimum absolute atomic E-state index is 0.0422. The number of fused-ring (bicyclic) bond motifs is 2. The van der Waals surface area contributed by atoms with Gasteiger partial charge in [0, 0.05) is 36.9 Å². The minimum Gasteiger partial charge on any atom is -0.349 e. The molecule has 5 atom stereocenters. The van der Waals surface area contributed by atoms with E-state index in [0.29, 0.717) is 31.6 Å². The summed E-state index contributed by atoms with van der Waals surface area (Å²) in [6, 6.07) is 18.0. The zero-order valence-electron chi connectivity index (χ0n) is 19.2. The predicted molar refractivity (Wildman–Crippen MR) is 129 cm³/mol. The molecule has 3 bridgehead atoms. The Balaban J connectivity index is 1.07. The van der Waals surface area contributed by atoms with Crippen LogP contribution in [-0.2, 0) is 6.54 Å². The van der Waals surface area contributed by atoms with E-state index >= 15 is 0 Å². The van der Waals surface area contributed by atoms with E-state index in [0.717, 1.165) is 41.0 Å². The molecule has 3 aliphatic carbocycles. The van der Waals surface area contributed by atoms with Gasteiger partial charge >= 0.3 is 6.03 Å². The van der Waals surface area contributed by atoms with Crippen molar-refractivity contribution in [2.45, 2.75) is 51.1 Å². The van der Waals surface area contributed by atoms with Gasteiger partial charge in [0.1, 0.15) is 0 Å². The van der Waals surface area contributed by atoms with E-state index in [1.54, 1.807) is 0 Å². The molecule has 2 aromatic rings. The average Bonchev–Trinajstić information content (AvgIpc) is 3.31. The Labute approximate surface area is 196 Å². The maximum absolute atomic E-state index is 13.0. The van der Waals surface area contributed by atoms with E-state index in [9.17, 15) is 9.59 Å². The van der Waals surface area contributed by atoms with E-state index in [1.807, 2.05) is 64.4 Å². The molecule has 2 aromatic carbocycles. The molecule has 1 saturated heterocycles. The Kier molecular flexibility index (Phi) is 5.35. The third kappa shape index (κ3) is 4.03. The highest BCUT2D eigenvalue weighted by atomic mass is 16.2. The molecule has 4 fully saturated rings. The third-order valence-electron chi connectivity index (χ3n) is 8.62. The topological polar surface area (TPSA) is 52.7 Å². The van der Waals surface area contributed by atoms with Gasteiger partial charge < -0.3 is 10.2 Å². The zero-order valence-corrected chi connectivity index (χ0v) is 19.2. The Morgan fingerprint density at radius 1 is 0.879 bits per heavy atom. The van der Waals surface area contributed by atoms with E-state index in [1.165, 1.54) is 32.1 Å². The number of hydrogen-bond donors (Lipinski definition) is 1. The van der Waals surface area contributed by atoms with Crippen LogP contribution in [0, 0.1) is 23.7 Å². The van der Waals surface area contributed by atoms with Crippen molar-refractivity contribution in [2.75, 3.05) is 18.0 Å². The number of para-hydroxylation sites is 1. The van der Waals surface area contributed by atoms with Gasteiger partial charge in [-0.05, 0) is 92.0 Å². The first kappa shape index (κ1) is 20.8. The van der Waals surface area contributed by atoms with Gasteiger partial charge in [0.2, 0.25) is 0 Å². The monoisotopic (exact) mass is 443 g/mol. The van der Waals surface area contributed by atoms with E-state index in [4.69, 9.17) is 0 Å². The second kappa shape index (κ2) is 8.51. The van der Waals surface area contributed by atoms with Crippen molar-refractivity contribution >= 4 is 17.6 Å². The van der Waals surface area contributed by atoms with Crippen LogP contribution in [0.4, 0.5) is 10.5 Å². The first-order valence-corrected chi connectivity index (χ1v) is 12.7. The van der Waals surface area contributed by atoms with Crippen LogP contribution in [0.25, 0.3) is 0 Å². The lowest BCUT2D eigenvalue weighted by atomic mass is 9.80. The maximum atomic E-state index is 13.0. The summed E-state index contributed by atoms with van der Waals surface area (Å²) in [5.74, 6) is 3.37. The van der Waals surface area contributed by atoms with Crippen LogP contribution >= 0.6 is 0 Å². The highest BCUT2D eigenvalue weighted by Gasteiger charge is 2.46. The molecular weight excluding hydrogens is 410 g/mol. The van der Waals surface area contributed by atoms with Crippen LogP contribution in [0.15, 0.2) is 54.6 Å². The smallest absolute Gasteiger partial charge is 0.324 e. The minimum atomic E-state index is 0.0422. The molecule has 0 radical (unpaired) electrons. The molecule has 1 aliphatic heterocycles. The average molecular weight is 444 g/mol. The van der Waals surface area contributed by atoms with Crippen LogP contribution in [0.3, 0.4) is 0 Å². The molecule has 0 spiro atoms. The molecule has 0 aromatic heterocycles. The van der Waals surface area contributed by atoms with Crippen molar-refractivity contribution in [3.63, 3.8) is 0 Å². The number of nitrogens with zero attached hydrogens (tertiary/aromatic N) is 2. The van der Waals surface area contributed by atoms with E-state index in [2.05, 4.69) is 5.32 Å². The lowest BCUT2D eigenvalue weighted by Gasteiger charge is -2.27. The van der Waals surface area contributed by atoms with Gasteiger partial charge in [0.05, 0.1) is 0 Å². The highest BCUT2D eigenvalue weighted by molar-refractivity contribution is 5.95. The summed E-state index contributed by atoms with van der Waals surface area (Å²) in [5.41, 5.74) is 2.72. The molecule has 33 heavy (non-hydrogen) atoms. The first-order valence-electron chi connectivity index (χ1n) is 12.7. The zero-order chi connectivity index (χ0) is 22.4. The lowest BCUT2D eigenvalue weighted by molar-refractivity contribution is 0.0912. The quantitative estimate of drug-likeness (QED) is 0.701. The fourth-order valence-corrected chi connectivity index (χ4v) is 7.08. The standard InChI is InChI=1S/C28H33N3O2/c32-27(29-26-11-8-20-14-21-16-23(15-20)25(26)17-21)22-9-6-19(7-10-22)18-30-12-13-31(28(30)33)24-4-2-1-3-5-24/h1-7,9-10,20-21,23,25-26H,8,11-18H2,(H,29,32). The summed E-state index contributed by atoms with van der Waals surface area (Å²) in [6.45, 7) is 1.98. The normalized spacial score (nSPS) is 30.5. The molecule has 1 N–H and O–H groups in total. The van der Waals surface area contributed by atoms with Crippen LogP contribution in [-0.4, -0.2) is 36.0 Å².